The number of nitrogens with one attached hydrogen (secondary N) is 1. The van der Waals surface area contributed by atoms with Gasteiger partial charge in [0.2, 0.25) is 5.95 Å². The summed E-state index contributed by atoms with van der Waals surface area (Å²) in [5.74, 6) is 1.30. The highest BCUT2D eigenvalue weighted by Crippen LogP contribution is 2.26. The topological polar surface area (TPSA) is 90.1 Å². The predicted molar refractivity (Wildman–Crippen MR) is 95.0 cm³/mol. The van der Waals surface area contributed by atoms with E-state index in [1.807, 2.05) is 24.3 Å². The van der Waals surface area contributed by atoms with Crippen LogP contribution in [0.15, 0.2) is 24.3 Å². The zero-order chi connectivity index (χ0) is 17.7. The first-order valence-electron chi connectivity index (χ1n) is 8.01. The molecule has 0 fully saturated rings. The van der Waals surface area contributed by atoms with E-state index >= 15 is 0 Å². The van der Waals surface area contributed by atoms with Crippen LogP contribution in [0.3, 0.4) is 0 Å². The van der Waals surface area contributed by atoms with Gasteiger partial charge in [-0.3, -0.25) is 4.79 Å². The second-order valence-electron chi connectivity index (χ2n) is 6.03. The standard InChI is InChI=1S/C18H24N4O2/c1-11(2)9-10-24-14-7-5-13(6-8-14)16-15(17(23)20-4)12(3)21-18(19)22-16/h5-8,11H,9-10H2,1-4H3,(H,20,23)(H2,19,21,22). The number of nitrogens with two attached hydrogens (primary N) is 1. The fourth-order valence-electron chi connectivity index (χ4n) is 2.32. The highest BCUT2D eigenvalue weighted by atomic mass is 16.5. The van der Waals surface area contributed by atoms with E-state index in [-0.39, 0.29) is 11.9 Å². The molecule has 6 nitrogen and oxygen atoms in total. The lowest BCUT2D eigenvalue weighted by Crippen LogP contribution is -2.21. The van der Waals surface area contributed by atoms with Gasteiger partial charge in [0.05, 0.1) is 23.6 Å². The Morgan fingerprint density at radius 2 is 1.92 bits per heavy atom. The van der Waals surface area contributed by atoms with Crippen molar-refractivity contribution in [2.75, 3.05) is 19.4 Å². The van der Waals surface area contributed by atoms with Gasteiger partial charge in [0.15, 0.2) is 0 Å². The second kappa shape index (κ2) is 7.77. The molecule has 1 heterocycles. The second-order valence-corrected chi connectivity index (χ2v) is 6.03. The van der Waals surface area contributed by atoms with E-state index in [9.17, 15) is 4.79 Å². The molecule has 0 saturated heterocycles. The van der Waals surface area contributed by atoms with Gasteiger partial charge in [0.25, 0.3) is 5.91 Å². The number of nitrogens with zero attached hydrogens (tertiary/aromatic N) is 2. The van der Waals surface area contributed by atoms with E-state index in [2.05, 4.69) is 29.1 Å². The molecule has 24 heavy (non-hydrogen) atoms. The Kier molecular flexibility index (Phi) is 5.73. The number of rotatable bonds is 6. The lowest BCUT2D eigenvalue weighted by molar-refractivity contribution is 0.0962. The third-order valence-corrected chi connectivity index (χ3v) is 3.65. The van der Waals surface area contributed by atoms with Crippen molar-refractivity contribution < 1.29 is 9.53 Å². The Morgan fingerprint density at radius 1 is 1.25 bits per heavy atom. The summed E-state index contributed by atoms with van der Waals surface area (Å²) in [4.78, 5) is 20.5. The number of anilines is 1. The summed E-state index contributed by atoms with van der Waals surface area (Å²) in [7, 11) is 1.58. The predicted octanol–water partition coefficient (Wildman–Crippen LogP) is 2.82. The number of aromatic nitrogens is 2. The van der Waals surface area contributed by atoms with E-state index in [0.29, 0.717) is 29.5 Å². The van der Waals surface area contributed by atoms with Crippen LogP contribution in [0.4, 0.5) is 5.95 Å². The van der Waals surface area contributed by atoms with Crippen LogP contribution in [0, 0.1) is 12.8 Å². The van der Waals surface area contributed by atoms with E-state index in [1.54, 1.807) is 14.0 Å². The summed E-state index contributed by atoms with van der Waals surface area (Å²) in [5.41, 5.74) is 8.05. The summed E-state index contributed by atoms with van der Waals surface area (Å²) in [6, 6.07) is 7.49. The van der Waals surface area contributed by atoms with Gasteiger partial charge in [-0.05, 0) is 43.5 Å². The van der Waals surface area contributed by atoms with Crippen molar-refractivity contribution in [2.45, 2.75) is 27.2 Å². The molecular formula is C18H24N4O2. The first-order chi connectivity index (χ1) is 11.4. The first-order valence-corrected chi connectivity index (χ1v) is 8.01. The number of hydrogen-bond donors (Lipinski definition) is 2. The van der Waals surface area contributed by atoms with E-state index in [1.165, 1.54) is 0 Å². The number of nitrogen functional groups attached to an aromatic ring is 1. The van der Waals surface area contributed by atoms with Gasteiger partial charge in [-0.25, -0.2) is 9.97 Å². The van der Waals surface area contributed by atoms with Crippen LogP contribution in [0.2, 0.25) is 0 Å². The van der Waals surface area contributed by atoms with Crippen molar-refractivity contribution in [2.24, 2.45) is 5.92 Å². The molecule has 3 N–H and O–H groups in total. The molecule has 0 unspecified atom stereocenters. The molecule has 1 aromatic carbocycles. The smallest absolute Gasteiger partial charge is 0.255 e. The van der Waals surface area contributed by atoms with Gasteiger partial charge in [0, 0.05) is 12.6 Å². The average Bonchev–Trinajstić information content (AvgIpc) is 2.54. The minimum atomic E-state index is -0.236. The van der Waals surface area contributed by atoms with Crippen molar-refractivity contribution in [3.05, 3.63) is 35.5 Å². The summed E-state index contributed by atoms with van der Waals surface area (Å²) < 4.78 is 5.72. The molecule has 1 aromatic heterocycles. The van der Waals surface area contributed by atoms with Crippen LogP contribution in [0.25, 0.3) is 11.3 Å². The lowest BCUT2D eigenvalue weighted by atomic mass is 10.0. The number of benzene rings is 1. The monoisotopic (exact) mass is 328 g/mol. The van der Waals surface area contributed by atoms with Gasteiger partial charge in [-0.2, -0.15) is 0 Å². The molecule has 0 spiro atoms. The summed E-state index contributed by atoms with van der Waals surface area (Å²) in [6.07, 6.45) is 1.00. The molecule has 0 atom stereocenters. The molecule has 0 aliphatic rings. The molecule has 0 aliphatic heterocycles. The number of amides is 1. The zero-order valence-corrected chi connectivity index (χ0v) is 14.6. The van der Waals surface area contributed by atoms with Crippen molar-refractivity contribution in [1.82, 2.24) is 15.3 Å². The van der Waals surface area contributed by atoms with E-state index < -0.39 is 0 Å². The molecular weight excluding hydrogens is 304 g/mol. The molecule has 0 radical (unpaired) electrons. The Balaban J connectivity index is 2.30. The Bertz CT molecular complexity index is 712. The maximum absolute atomic E-state index is 12.2. The Hall–Kier alpha value is -2.63. The van der Waals surface area contributed by atoms with E-state index in [4.69, 9.17) is 10.5 Å². The molecule has 0 saturated carbocycles. The van der Waals surface area contributed by atoms with Crippen LogP contribution >= 0.6 is 0 Å². The largest absolute Gasteiger partial charge is 0.494 e. The van der Waals surface area contributed by atoms with Crippen LogP contribution in [0.1, 0.15) is 36.3 Å². The van der Waals surface area contributed by atoms with Crippen LogP contribution in [-0.2, 0) is 0 Å². The van der Waals surface area contributed by atoms with Crippen molar-refractivity contribution in [1.29, 1.82) is 0 Å². The third-order valence-electron chi connectivity index (χ3n) is 3.65. The molecule has 2 rings (SSSR count). The van der Waals surface area contributed by atoms with E-state index in [0.717, 1.165) is 17.7 Å². The van der Waals surface area contributed by atoms with Gasteiger partial charge in [0.1, 0.15) is 5.75 Å². The maximum Gasteiger partial charge on any atom is 0.255 e. The number of carbonyl (C=O) groups excluding carboxylic acids is 1. The maximum atomic E-state index is 12.2. The molecule has 128 valence electrons. The number of ether oxygens (including phenoxy) is 1. The average molecular weight is 328 g/mol. The quantitative estimate of drug-likeness (QED) is 0.851. The number of aryl methyl sites for hydroxylation is 1. The molecule has 2 aromatic rings. The van der Waals surface area contributed by atoms with Gasteiger partial charge < -0.3 is 15.8 Å². The normalized spacial score (nSPS) is 10.7. The molecule has 0 aliphatic carbocycles. The summed E-state index contributed by atoms with van der Waals surface area (Å²) >= 11 is 0. The summed E-state index contributed by atoms with van der Waals surface area (Å²) in [6.45, 7) is 6.75. The third kappa shape index (κ3) is 4.22. The van der Waals surface area contributed by atoms with Crippen molar-refractivity contribution >= 4 is 11.9 Å². The highest BCUT2D eigenvalue weighted by Gasteiger charge is 2.18. The van der Waals surface area contributed by atoms with Crippen molar-refractivity contribution in [3.63, 3.8) is 0 Å². The first kappa shape index (κ1) is 17.7. The fraction of sp³-hybridized carbons (Fsp3) is 0.389. The zero-order valence-electron chi connectivity index (χ0n) is 14.6. The van der Waals surface area contributed by atoms with Gasteiger partial charge in [-0.1, -0.05) is 13.8 Å². The van der Waals surface area contributed by atoms with Crippen LogP contribution in [-0.4, -0.2) is 29.5 Å². The highest BCUT2D eigenvalue weighted by molar-refractivity contribution is 6.00. The fourth-order valence-corrected chi connectivity index (χ4v) is 2.32. The summed E-state index contributed by atoms with van der Waals surface area (Å²) in [5, 5.41) is 2.62. The Morgan fingerprint density at radius 3 is 2.50 bits per heavy atom. The minimum absolute atomic E-state index is 0.146. The van der Waals surface area contributed by atoms with Gasteiger partial charge in [-0.15, -0.1) is 0 Å². The number of hydrogen-bond acceptors (Lipinski definition) is 5. The molecule has 6 heteroatoms. The lowest BCUT2D eigenvalue weighted by Gasteiger charge is -2.12. The van der Waals surface area contributed by atoms with Crippen LogP contribution < -0.4 is 15.8 Å². The minimum Gasteiger partial charge on any atom is -0.494 e. The van der Waals surface area contributed by atoms with Crippen molar-refractivity contribution in [3.8, 4) is 17.0 Å². The molecule has 1 amide bonds. The SMILES string of the molecule is CNC(=O)c1c(C)nc(N)nc1-c1ccc(OCCC(C)C)cc1. The van der Waals surface area contributed by atoms with Gasteiger partial charge >= 0.3 is 0 Å². The van der Waals surface area contributed by atoms with Crippen LogP contribution in [0.5, 0.6) is 5.75 Å². The Labute approximate surface area is 142 Å². The number of carbonyl (C=O) groups is 1. The molecule has 0 bridgehead atoms.